The number of fused-ring (bicyclic) bond motifs is 1. The number of amides is 1. The van der Waals surface area contributed by atoms with Crippen LogP contribution in [0.4, 0.5) is 5.69 Å². The van der Waals surface area contributed by atoms with Gasteiger partial charge in [-0.25, -0.2) is 0 Å². The van der Waals surface area contributed by atoms with Crippen molar-refractivity contribution in [2.45, 2.75) is 38.8 Å². The van der Waals surface area contributed by atoms with E-state index in [0.717, 1.165) is 30.9 Å². The molecule has 2 aliphatic heterocycles. The van der Waals surface area contributed by atoms with Crippen molar-refractivity contribution in [2.24, 2.45) is 0 Å². The highest BCUT2D eigenvalue weighted by Crippen LogP contribution is 2.34. The fourth-order valence-electron chi connectivity index (χ4n) is 3.57. The van der Waals surface area contributed by atoms with Gasteiger partial charge in [-0.2, -0.15) is 0 Å². The Morgan fingerprint density at radius 3 is 2.93 bits per heavy atom. The first-order valence-electron chi connectivity index (χ1n) is 9.80. The fraction of sp³-hybridized carbons (Fsp3) is 0.476. The first kappa shape index (κ1) is 18.8. The molecule has 1 fully saturated rings. The highest BCUT2D eigenvalue weighted by Gasteiger charge is 2.26. The largest absolute Gasteiger partial charge is 0.465 e. The minimum absolute atomic E-state index is 0.0162. The number of anilines is 1. The van der Waals surface area contributed by atoms with E-state index in [2.05, 4.69) is 17.1 Å². The van der Waals surface area contributed by atoms with E-state index in [1.54, 1.807) is 12.1 Å². The summed E-state index contributed by atoms with van der Waals surface area (Å²) in [5, 5.41) is 2.94. The second-order valence-electron chi connectivity index (χ2n) is 7.14. The van der Waals surface area contributed by atoms with Gasteiger partial charge in [0.25, 0.3) is 0 Å². The Morgan fingerprint density at radius 1 is 1.18 bits per heavy atom. The van der Waals surface area contributed by atoms with Crippen molar-refractivity contribution >= 4 is 11.6 Å². The van der Waals surface area contributed by atoms with Crippen molar-refractivity contribution in [3.8, 4) is 11.5 Å². The van der Waals surface area contributed by atoms with E-state index in [-0.39, 0.29) is 18.7 Å². The van der Waals surface area contributed by atoms with Gasteiger partial charge in [0.1, 0.15) is 11.5 Å². The Balaban J connectivity index is 1.35. The predicted molar refractivity (Wildman–Crippen MR) is 104 cm³/mol. The van der Waals surface area contributed by atoms with Crippen LogP contribution in [0.1, 0.15) is 31.3 Å². The number of nitrogens with zero attached hydrogens (tertiary/aromatic N) is 1. The zero-order valence-electron chi connectivity index (χ0n) is 16.1. The summed E-state index contributed by atoms with van der Waals surface area (Å²) in [6.07, 6.45) is 2.37. The first-order chi connectivity index (χ1) is 13.7. The van der Waals surface area contributed by atoms with Crippen LogP contribution in [-0.2, 0) is 22.5 Å². The molecule has 1 aromatic carbocycles. The SMILES string of the molecule is CCCc1ccc(CN2CCOC[C@@H]2CC(=O)Nc2ccc3c(c2)OCO3)o1. The van der Waals surface area contributed by atoms with Crippen molar-refractivity contribution in [1.82, 2.24) is 4.90 Å². The number of benzene rings is 1. The zero-order chi connectivity index (χ0) is 19.3. The number of rotatable bonds is 7. The Hall–Kier alpha value is -2.51. The molecule has 7 heteroatoms. The smallest absolute Gasteiger partial charge is 0.231 e. The molecular weight excluding hydrogens is 360 g/mol. The second-order valence-corrected chi connectivity index (χ2v) is 7.14. The lowest BCUT2D eigenvalue weighted by molar-refractivity contribution is -0.119. The molecule has 28 heavy (non-hydrogen) atoms. The van der Waals surface area contributed by atoms with E-state index in [9.17, 15) is 4.79 Å². The number of carbonyl (C=O) groups excluding carboxylic acids is 1. The van der Waals surface area contributed by atoms with E-state index < -0.39 is 0 Å². The van der Waals surface area contributed by atoms with Crippen molar-refractivity contribution in [3.05, 3.63) is 41.9 Å². The molecule has 0 bridgehead atoms. The van der Waals surface area contributed by atoms with E-state index in [0.29, 0.717) is 43.4 Å². The maximum atomic E-state index is 12.6. The van der Waals surface area contributed by atoms with Gasteiger partial charge in [-0.3, -0.25) is 9.69 Å². The number of ether oxygens (including phenoxy) is 3. The van der Waals surface area contributed by atoms with Crippen molar-refractivity contribution < 1.29 is 23.4 Å². The van der Waals surface area contributed by atoms with Gasteiger partial charge in [-0.15, -0.1) is 0 Å². The molecule has 1 saturated heterocycles. The third-order valence-electron chi connectivity index (χ3n) is 5.00. The molecule has 150 valence electrons. The molecule has 2 aliphatic rings. The first-order valence-corrected chi connectivity index (χ1v) is 9.80. The topological polar surface area (TPSA) is 73.2 Å². The second kappa shape index (κ2) is 8.67. The average Bonchev–Trinajstić information content (AvgIpc) is 3.32. The molecule has 0 radical (unpaired) electrons. The van der Waals surface area contributed by atoms with Gasteiger partial charge in [0.05, 0.1) is 19.8 Å². The molecule has 1 amide bonds. The molecular formula is C21H26N2O5. The molecule has 1 atom stereocenters. The lowest BCUT2D eigenvalue weighted by Crippen LogP contribution is -2.46. The van der Waals surface area contributed by atoms with Gasteiger partial charge < -0.3 is 23.9 Å². The number of morpholine rings is 1. The van der Waals surface area contributed by atoms with Crippen LogP contribution in [0.3, 0.4) is 0 Å². The number of furan rings is 1. The third-order valence-corrected chi connectivity index (χ3v) is 5.00. The lowest BCUT2D eigenvalue weighted by atomic mass is 10.1. The monoisotopic (exact) mass is 386 g/mol. The Bertz CT molecular complexity index is 819. The van der Waals surface area contributed by atoms with E-state index in [1.807, 2.05) is 18.2 Å². The number of carbonyl (C=O) groups is 1. The normalized spacial score (nSPS) is 19.0. The van der Waals surface area contributed by atoms with Crippen LogP contribution in [-0.4, -0.2) is 43.4 Å². The van der Waals surface area contributed by atoms with E-state index >= 15 is 0 Å². The van der Waals surface area contributed by atoms with Crippen LogP contribution in [0.2, 0.25) is 0 Å². The molecule has 2 aromatic rings. The summed E-state index contributed by atoms with van der Waals surface area (Å²) in [6.45, 7) is 5.04. The summed E-state index contributed by atoms with van der Waals surface area (Å²) in [4.78, 5) is 14.8. The van der Waals surface area contributed by atoms with Gasteiger partial charge in [0.15, 0.2) is 11.5 Å². The van der Waals surface area contributed by atoms with Crippen LogP contribution in [0.15, 0.2) is 34.7 Å². The Morgan fingerprint density at radius 2 is 2.04 bits per heavy atom. The van der Waals surface area contributed by atoms with Gasteiger partial charge in [0, 0.05) is 37.2 Å². The lowest BCUT2D eigenvalue weighted by Gasteiger charge is -2.34. The molecule has 7 nitrogen and oxygen atoms in total. The van der Waals surface area contributed by atoms with Gasteiger partial charge >= 0.3 is 0 Å². The van der Waals surface area contributed by atoms with Crippen molar-refractivity contribution in [1.29, 1.82) is 0 Å². The molecule has 0 saturated carbocycles. The standard InChI is InChI=1S/C21H26N2O5/c1-2-3-17-5-6-18(28-17)12-23-8-9-25-13-16(23)11-21(24)22-15-4-7-19-20(10-15)27-14-26-19/h4-7,10,16H,2-3,8-9,11-14H2,1H3,(H,22,24)/t16-/m0/s1. The summed E-state index contributed by atoms with van der Waals surface area (Å²) in [5.74, 6) is 3.26. The number of aryl methyl sites for hydroxylation is 1. The van der Waals surface area contributed by atoms with Gasteiger partial charge in [0.2, 0.25) is 12.7 Å². The third kappa shape index (κ3) is 4.48. The zero-order valence-corrected chi connectivity index (χ0v) is 16.1. The minimum Gasteiger partial charge on any atom is -0.465 e. The van der Waals surface area contributed by atoms with Crippen LogP contribution in [0.25, 0.3) is 0 Å². The van der Waals surface area contributed by atoms with Crippen molar-refractivity contribution in [3.63, 3.8) is 0 Å². The summed E-state index contributed by atoms with van der Waals surface area (Å²) in [5.41, 5.74) is 0.702. The van der Waals surface area contributed by atoms with Gasteiger partial charge in [-0.05, 0) is 30.7 Å². The molecule has 0 spiro atoms. The van der Waals surface area contributed by atoms with Gasteiger partial charge in [-0.1, -0.05) is 6.92 Å². The molecule has 1 aromatic heterocycles. The van der Waals surface area contributed by atoms with Crippen LogP contribution in [0, 0.1) is 0 Å². The summed E-state index contributed by atoms with van der Waals surface area (Å²) in [7, 11) is 0. The highest BCUT2D eigenvalue weighted by atomic mass is 16.7. The molecule has 1 N–H and O–H groups in total. The molecule has 4 rings (SSSR count). The van der Waals surface area contributed by atoms with Crippen LogP contribution < -0.4 is 14.8 Å². The fourth-order valence-corrected chi connectivity index (χ4v) is 3.57. The average molecular weight is 386 g/mol. The predicted octanol–water partition coefficient (Wildman–Crippen LogP) is 3.19. The number of hydrogen-bond acceptors (Lipinski definition) is 6. The Labute approximate surface area is 164 Å². The quantitative estimate of drug-likeness (QED) is 0.788. The molecule has 0 unspecified atom stereocenters. The highest BCUT2D eigenvalue weighted by molar-refractivity contribution is 5.91. The Kier molecular flexibility index (Phi) is 5.83. The number of nitrogens with one attached hydrogen (secondary N) is 1. The van der Waals surface area contributed by atoms with E-state index in [1.165, 1.54) is 0 Å². The molecule has 0 aliphatic carbocycles. The van der Waals surface area contributed by atoms with Crippen LogP contribution in [0.5, 0.6) is 11.5 Å². The maximum Gasteiger partial charge on any atom is 0.231 e. The summed E-state index contributed by atoms with van der Waals surface area (Å²) < 4.78 is 22.2. The summed E-state index contributed by atoms with van der Waals surface area (Å²) >= 11 is 0. The molecule has 3 heterocycles. The maximum absolute atomic E-state index is 12.6. The van der Waals surface area contributed by atoms with Crippen molar-refractivity contribution in [2.75, 3.05) is 31.9 Å². The van der Waals surface area contributed by atoms with E-state index in [4.69, 9.17) is 18.6 Å². The number of hydrogen-bond donors (Lipinski definition) is 1. The van der Waals surface area contributed by atoms with Crippen LogP contribution >= 0.6 is 0 Å². The summed E-state index contributed by atoms with van der Waals surface area (Å²) in [6, 6.07) is 9.50. The minimum atomic E-state index is -0.0505.